The number of rotatable bonds is 5. The molecule has 1 aliphatic carbocycles. The Morgan fingerprint density at radius 1 is 1.50 bits per heavy atom. The van der Waals surface area contributed by atoms with Gasteiger partial charge in [0, 0.05) is 13.1 Å². The van der Waals surface area contributed by atoms with Crippen LogP contribution in [-0.4, -0.2) is 32.1 Å². The highest BCUT2D eigenvalue weighted by molar-refractivity contribution is 5.85. The van der Waals surface area contributed by atoms with Crippen molar-refractivity contribution in [2.45, 2.75) is 19.3 Å². The fraction of sp³-hybridized carbons (Fsp3) is 0.778. The van der Waals surface area contributed by atoms with E-state index >= 15 is 0 Å². The highest BCUT2D eigenvalue weighted by atomic mass is 16.5. The third-order valence-electron chi connectivity index (χ3n) is 2.57. The molecular weight excluding hydrogens is 184 g/mol. The van der Waals surface area contributed by atoms with Crippen molar-refractivity contribution in [2.75, 3.05) is 20.2 Å². The Morgan fingerprint density at radius 3 is 2.57 bits per heavy atom. The van der Waals surface area contributed by atoms with Crippen molar-refractivity contribution in [1.29, 1.82) is 0 Å². The first-order valence-corrected chi connectivity index (χ1v) is 4.70. The maximum absolute atomic E-state index is 11.5. The zero-order valence-corrected chi connectivity index (χ0v) is 8.34. The minimum absolute atomic E-state index is 0.0381. The highest BCUT2D eigenvalue weighted by Gasteiger charge is 2.48. The van der Waals surface area contributed by atoms with Crippen molar-refractivity contribution >= 4 is 11.9 Å². The molecule has 0 aromatic carbocycles. The van der Waals surface area contributed by atoms with Gasteiger partial charge in [0.05, 0.1) is 18.9 Å². The lowest BCUT2D eigenvalue weighted by Gasteiger charge is -2.11. The van der Waals surface area contributed by atoms with Crippen LogP contribution in [0.3, 0.4) is 0 Å². The molecule has 3 N–H and O–H groups in total. The molecule has 1 fully saturated rings. The maximum atomic E-state index is 11.5. The van der Waals surface area contributed by atoms with Crippen LogP contribution in [0.1, 0.15) is 19.3 Å². The lowest BCUT2D eigenvalue weighted by atomic mass is 10.1. The first-order valence-electron chi connectivity index (χ1n) is 4.70. The molecular formula is C9H16N2O3. The number of hydrogen-bond acceptors (Lipinski definition) is 4. The number of nitrogens with two attached hydrogens (primary N) is 1. The van der Waals surface area contributed by atoms with E-state index in [0.717, 1.165) is 12.8 Å². The summed E-state index contributed by atoms with van der Waals surface area (Å²) in [7, 11) is 1.33. The molecule has 0 bridgehead atoms. The molecule has 0 atom stereocenters. The van der Waals surface area contributed by atoms with E-state index in [4.69, 9.17) is 5.73 Å². The molecule has 0 aromatic heterocycles. The maximum Gasteiger partial charge on any atom is 0.307 e. The molecule has 0 heterocycles. The van der Waals surface area contributed by atoms with Crippen molar-refractivity contribution in [3.63, 3.8) is 0 Å². The van der Waals surface area contributed by atoms with Gasteiger partial charge in [0.25, 0.3) is 0 Å². The van der Waals surface area contributed by atoms with E-state index in [1.54, 1.807) is 0 Å². The van der Waals surface area contributed by atoms with Gasteiger partial charge in [0.15, 0.2) is 0 Å². The van der Waals surface area contributed by atoms with Gasteiger partial charge in [-0.15, -0.1) is 0 Å². The summed E-state index contributed by atoms with van der Waals surface area (Å²) < 4.78 is 4.44. The first kappa shape index (κ1) is 11.0. The third kappa shape index (κ3) is 2.45. The number of amides is 1. The molecule has 0 aliphatic heterocycles. The predicted octanol–water partition coefficient (Wildman–Crippen LogP) is -0.595. The van der Waals surface area contributed by atoms with Crippen LogP contribution in [0.2, 0.25) is 0 Å². The Labute approximate surface area is 83.0 Å². The smallest absolute Gasteiger partial charge is 0.307 e. The second-order valence-electron chi connectivity index (χ2n) is 3.57. The van der Waals surface area contributed by atoms with E-state index in [-0.39, 0.29) is 23.7 Å². The minimum Gasteiger partial charge on any atom is -0.469 e. The summed E-state index contributed by atoms with van der Waals surface area (Å²) in [5, 5.41) is 2.68. The standard InChI is InChI=1S/C9H16N2O3/c1-14-7(12)2-5-11-8(13)9(6-10)3-4-9/h2-6,10H2,1H3,(H,11,13). The largest absolute Gasteiger partial charge is 0.469 e. The van der Waals surface area contributed by atoms with E-state index in [2.05, 4.69) is 10.1 Å². The Balaban J connectivity index is 2.19. The normalized spacial score (nSPS) is 17.3. The van der Waals surface area contributed by atoms with Gasteiger partial charge in [0.2, 0.25) is 5.91 Å². The van der Waals surface area contributed by atoms with Crippen molar-refractivity contribution in [2.24, 2.45) is 11.1 Å². The SMILES string of the molecule is COC(=O)CCNC(=O)C1(CN)CC1. The number of carbonyl (C=O) groups is 2. The van der Waals surface area contributed by atoms with E-state index in [0.29, 0.717) is 13.1 Å². The Hall–Kier alpha value is -1.10. The Bertz CT molecular complexity index is 236. The van der Waals surface area contributed by atoms with E-state index in [9.17, 15) is 9.59 Å². The third-order valence-corrected chi connectivity index (χ3v) is 2.57. The molecule has 14 heavy (non-hydrogen) atoms. The molecule has 1 aliphatic rings. The second-order valence-corrected chi connectivity index (χ2v) is 3.57. The molecule has 0 aromatic rings. The summed E-state index contributed by atoms with van der Waals surface area (Å²) in [4.78, 5) is 22.2. The van der Waals surface area contributed by atoms with Gasteiger partial charge < -0.3 is 15.8 Å². The summed E-state index contributed by atoms with van der Waals surface area (Å²) in [6.45, 7) is 0.713. The van der Waals surface area contributed by atoms with E-state index in [1.807, 2.05) is 0 Å². The number of esters is 1. The molecule has 0 radical (unpaired) electrons. The van der Waals surface area contributed by atoms with Gasteiger partial charge >= 0.3 is 5.97 Å². The van der Waals surface area contributed by atoms with Crippen molar-refractivity contribution in [1.82, 2.24) is 5.32 Å². The molecule has 5 nitrogen and oxygen atoms in total. The summed E-state index contributed by atoms with van der Waals surface area (Å²) in [5.41, 5.74) is 5.14. The summed E-state index contributed by atoms with van der Waals surface area (Å²) in [5.74, 6) is -0.355. The molecule has 0 unspecified atom stereocenters. The number of nitrogens with one attached hydrogen (secondary N) is 1. The van der Waals surface area contributed by atoms with Crippen LogP contribution >= 0.6 is 0 Å². The van der Waals surface area contributed by atoms with Crippen LogP contribution in [0.15, 0.2) is 0 Å². The van der Waals surface area contributed by atoms with E-state index in [1.165, 1.54) is 7.11 Å². The molecule has 1 saturated carbocycles. The minimum atomic E-state index is -0.337. The number of methoxy groups -OCH3 is 1. The average Bonchev–Trinajstić information content (AvgIpc) is 2.98. The lowest BCUT2D eigenvalue weighted by molar-refractivity contribution is -0.140. The fourth-order valence-corrected chi connectivity index (χ4v) is 1.24. The van der Waals surface area contributed by atoms with Gasteiger partial charge in [0.1, 0.15) is 0 Å². The van der Waals surface area contributed by atoms with Crippen molar-refractivity contribution in [3.05, 3.63) is 0 Å². The van der Waals surface area contributed by atoms with Crippen molar-refractivity contribution < 1.29 is 14.3 Å². The van der Waals surface area contributed by atoms with Gasteiger partial charge in [-0.25, -0.2) is 0 Å². The fourth-order valence-electron chi connectivity index (χ4n) is 1.24. The van der Waals surface area contributed by atoms with Crippen LogP contribution in [0, 0.1) is 5.41 Å². The number of hydrogen-bond donors (Lipinski definition) is 2. The van der Waals surface area contributed by atoms with Crippen LogP contribution < -0.4 is 11.1 Å². The molecule has 0 saturated heterocycles. The van der Waals surface area contributed by atoms with Gasteiger partial charge in [-0.3, -0.25) is 9.59 Å². The Morgan fingerprint density at radius 2 is 2.14 bits per heavy atom. The monoisotopic (exact) mass is 200 g/mol. The van der Waals surface area contributed by atoms with Crippen LogP contribution in [0.4, 0.5) is 0 Å². The number of ether oxygens (including phenoxy) is 1. The zero-order chi connectivity index (χ0) is 10.6. The van der Waals surface area contributed by atoms with Crippen LogP contribution in [0.5, 0.6) is 0 Å². The molecule has 80 valence electrons. The van der Waals surface area contributed by atoms with Gasteiger partial charge in [-0.2, -0.15) is 0 Å². The second kappa shape index (κ2) is 4.41. The van der Waals surface area contributed by atoms with Crippen LogP contribution in [0.25, 0.3) is 0 Å². The molecule has 0 spiro atoms. The summed E-state index contributed by atoms with van der Waals surface area (Å²) >= 11 is 0. The molecule has 5 heteroatoms. The Kier molecular flexibility index (Phi) is 3.46. The topological polar surface area (TPSA) is 81.4 Å². The highest BCUT2D eigenvalue weighted by Crippen LogP contribution is 2.44. The first-order chi connectivity index (χ1) is 6.64. The summed E-state index contributed by atoms with van der Waals surface area (Å²) in [6.07, 6.45) is 1.92. The quantitative estimate of drug-likeness (QED) is 0.581. The average molecular weight is 200 g/mol. The molecule has 1 amide bonds. The zero-order valence-electron chi connectivity index (χ0n) is 8.34. The summed E-state index contributed by atoms with van der Waals surface area (Å²) in [6, 6.07) is 0. The van der Waals surface area contributed by atoms with Crippen molar-refractivity contribution in [3.8, 4) is 0 Å². The van der Waals surface area contributed by atoms with Crippen LogP contribution in [-0.2, 0) is 14.3 Å². The van der Waals surface area contributed by atoms with E-state index < -0.39 is 0 Å². The lowest BCUT2D eigenvalue weighted by Crippen LogP contribution is -2.37. The predicted molar refractivity (Wildman–Crippen MR) is 50.4 cm³/mol. The van der Waals surface area contributed by atoms with Gasteiger partial charge in [-0.1, -0.05) is 0 Å². The molecule has 1 rings (SSSR count). The van der Waals surface area contributed by atoms with Gasteiger partial charge in [-0.05, 0) is 12.8 Å². The number of carbonyl (C=O) groups excluding carboxylic acids is 2.